The average Bonchev–Trinajstić information content (AvgIpc) is 3.22. The Morgan fingerprint density at radius 2 is 1.36 bits per heavy atom. The van der Waals surface area contributed by atoms with Crippen molar-refractivity contribution in [1.82, 2.24) is 9.44 Å². The van der Waals surface area contributed by atoms with E-state index in [9.17, 15) is 30.0 Å². The lowest BCUT2D eigenvalue weighted by Gasteiger charge is -2.25. The standard InChI is InChI=1S/C48H70N6O7S3/c1-12-15-16-19-37(13-2)52-63(58,59)46-21-18-17-20-40(46)48(55)51-45-31-38(53-64(60,61)47-41(33(6)7)29-36(32(4)5)30-42(47)34(8)9)22-24-44(45)50-43-25-23-39(28-35(43)10)54(14-3)27-26-49-62(11,56)57/h17-18,20-25,28-34,37,49-50,52-53H,12-16,19,26-27H2,1-11H3,(H,51,55). The maximum absolute atomic E-state index is 14.6. The summed E-state index contributed by atoms with van der Waals surface area (Å²) in [5.41, 5.74) is 5.62. The van der Waals surface area contributed by atoms with Crippen molar-refractivity contribution in [2.75, 3.05) is 46.1 Å². The molecular weight excluding hydrogens is 869 g/mol. The quantitative estimate of drug-likeness (QED) is 0.0427. The number of carbonyl (C=O) groups is 1. The molecule has 0 radical (unpaired) electrons. The van der Waals surface area contributed by atoms with E-state index in [1.54, 1.807) is 24.3 Å². The van der Waals surface area contributed by atoms with Crippen LogP contribution in [-0.2, 0) is 30.1 Å². The molecule has 0 spiro atoms. The highest BCUT2D eigenvalue weighted by Crippen LogP contribution is 2.38. The Morgan fingerprint density at radius 1 is 0.719 bits per heavy atom. The van der Waals surface area contributed by atoms with E-state index in [-0.39, 0.29) is 57.1 Å². The Hall–Kier alpha value is -4.48. The summed E-state index contributed by atoms with van der Waals surface area (Å²) in [5, 5.41) is 6.32. The maximum Gasteiger partial charge on any atom is 0.262 e. The van der Waals surface area contributed by atoms with E-state index in [0.717, 1.165) is 42.3 Å². The molecule has 352 valence electrons. The number of hydrogen-bond acceptors (Lipinski definition) is 9. The first-order valence-electron chi connectivity index (χ1n) is 22.4. The fraction of sp³-hybridized carbons (Fsp3) is 0.479. The normalized spacial score (nSPS) is 12.8. The summed E-state index contributed by atoms with van der Waals surface area (Å²) in [5.74, 6) is -0.704. The molecule has 1 atom stereocenters. The largest absolute Gasteiger partial charge is 0.370 e. The highest BCUT2D eigenvalue weighted by Gasteiger charge is 2.29. The number of nitrogens with one attached hydrogen (secondary N) is 5. The van der Waals surface area contributed by atoms with Crippen LogP contribution >= 0.6 is 0 Å². The van der Waals surface area contributed by atoms with Gasteiger partial charge in [-0.2, -0.15) is 0 Å². The SMILES string of the molecule is CCCCCC(CC)NS(=O)(=O)c1ccccc1C(=O)Nc1cc(NS(=O)(=O)c2c(C(C)C)cc(C(C)C)cc2C(C)C)ccc1Nc1ccc(N(CC)CCNS(C)(=O)=O)cc1C. The number of sulfonamides is 3. The lowest BCUT2D eigenvalue weighted by atomic mass is 9.89. The van der Waals surface area contributed by atoms with Crippen molar-refractivity contribution >= 4 is 64.4 Å². The smallest absolute Gasteiger partial charge is 0.262 e. The van der Waals surface area contributed by atoms with Crippen LogP contribution in [0, 0.1) is 6.92 Å². The summed E-state index contributed by atoms with van der Waals surface area (Å²) in [6.45, 7) is 21.3. The van der Waals surface area contributed by atoms with Crippen molar-refractivity contribution in [2.24, 2.45) is 0 Å². The zero-order valence-corrected chi connectivity index (χ0v) is 41.9. The fourth-order valence-electron chi connectivity index (χ4n) is 7.54. The Labute approximate surface area is 383 Å². The molecule has 1 amide bonds. The van der Waals surface area contributed by atoms with E-state index >= 15 is 0 Å². The van der Waals surface area contributed by atoms with E-state index in [4.69, 9.17) is 0 Å². The molecule has 0 fully saturated rings. The summed E-state index contributed by atoms with van der Waals surface area (Å²) in [6.07, 6.45) is 5.25. The van der Waals surface area contributed by atoms with Gasteiger partial charge in [0.1, 0.15) is 0 Å². The van der Waals surface area contributed by atoms with Crippen LogP contribution in [0.25, 0.3) is 0 Å². The van der Waals surface area contributed by atoms with Crippen LogP contribution in [0.15, 0.2) is 82.6 Å². The molecule has 16 heteroatoms. The molecule has 0 saturated heterocycles. The summed E-state index contributed by atoms with van der Waals surface area (Å²) >= 11 is 0. The van der Waals surface area contributed by atoms with Crippen LogP contribution in [0.3, 0.4) is 0 Å². The van der Waals surface area contributed by atoms with Crippen molar-refractivity contribution in [3.05, 3.63) is 101 Å². The van der Waals surface area contributed by atoms with Gasteiger partial charge in [-0.25, -0.2) is 34.7 Å². The Morgan fingerprint density at radius 3 is 1.92 bits per heavy atom. The van der Waals surface area contributed by atoms with Crippen LogP contribution < -0.4 is 29.7 Å². The van der Waals surface area contributed by atoms with Crippen LogP contribution in [-0.4, -0.2) is 63.1 Å². The third-order valence-corrected chi connectivity index (χ3v) is 15.1. The average molecular weight is 939 g/mol. The van der Waals surface area contributed by atoms with Gasteiger partial charge in [0.05, 0.1) is 38.7 Å². The first-order chi connectivity index (χ1) is 30.0. The van der Waals surface area contributed by atoms with E-state index in [1.807, 2.05) is 83.7 Å². The minimum Gasteiger partial charge on any atom is -0.370 e. The predicted molar refractivity (Wildman–Crippen MR) is 264 cm³/mol. The van der Waals surface area contributed by atoms with Crippen LogP contribution in [0.2, 0.25) is 0 Å². The maximum atomic E-state index is 14.6. The number of nitrogens with zero attached hydrogens (tertiary/aromatic N) is 1. The van der Waals surface area contributed by atoms with Gasteiger partial charge in [0.15, 0.2) is 0 Å². The fourth-order valence-corrected chi connectivity index (χ4v) is 11.3. The Kier molecular flexibility index (Phi) is 18.4. The molecule has 5 N–H and O–H groups in total. The first kappa shape index (κ1) is 52.1. The Balaban J connectivity index is 1.80. The van der Waals surface area contributed by atoms with Crippen molar-refractivity contribution in [1.29, 1.82) is 0 Å². The molecular formula is C48H70N6O7S3. The molecule has 0 bridgehead atoms. The highest BCUT2D eigenvalue weighted by molar-refractivity contribution is 7.92. The number of rotatable bonds is 24. The summed E-state index contributed by atoms with van der Waals surface area (Å²) in [4.78, 5) is 16.4. The van der Waals surface area contributed by atoms with Crippen molar-refractivity contribution in [2.45, 2.75) is 135 Å². The number of anilines is 5. The molecule has 4 rings (SSSR count). The van der Waals surface area contributed by atoms with Gasteiger partial charge >= 0.3 is 0 Å². The van der Waals surface area contributed by atoms with Gasteiger partial charge in [0, 0.05) is 37.1 Å². The summed E-state index contributed by atoms with van der Waals surface area (Å²) < 4.78 is 88.4. The second kappa shape index (κ2) is 22.6. The zero-order valence-electron chi connectivity index (χ0n) is 39.4. The number of carbonyl (C=O) groups excluding carboxylic acids is 1. The first-order valence-corrected chi connectivity index (χ1v) is 27.2. The molecule has 4 aromatic rings. The van der Waals surface area contributed by atoms with Crippen LogP contribution in [0.1, 0.15) is 145 Å². The van der Waals surface area contributed by atoms with Gasteiger partial charge in [-0.05, 0) is 115 Å². The number of unbranched alkanes of at least 4 members (excludes halogenated alkanes) is 2. The minimum atomic E-state index is -4.18. The van der Waals surface area contributed by atoms with Gasteiger partial charge in [-0.3, -0.25) is 9.52 Å². The van der Waals surface area contributed by atoms with Crippen LogP contribution in [0.5, 0.6) is 0 Å². The summed E-state index contributed by atoms with van der Waals surface area (Å²) in [7, 11) is -11.6. The van der Waals surface area contributed by atoms with E-state index < -0.39 is 36.0 Å². The van der Waals surface area contributed by atoms with E-state index in [0.29, 0.717) is 48.4 Å². The molecule has 0 aliphatic carbocycles. The molecule has 0 heterocycles. The molecule has 0 aromatic heterocycles. The minimum absolute atomic E-state index is 0.0747. The summed E-state index contributed by atoms with van der Waals surface area (Å²) in [6, 6.07) is 20.2. The molecule has 64 heavy (non-hydrogen) atoms. The number of amides is 1. The van der Waals surface area contributed by atoms with Gasteiger partial charge in [-0.15, -0.1) is 0 Å². The molecule has 13 nitrogen and oxygen atoms in total. The van der Waals surface area contributed by atoms with Gasteiger partial charge < -0.3 is 15.5 Å². The molecule has 1 unspecified atom stereocenters. The van der Waals surface area contributed by atoms with Gasteiger partial charge in [0.25, 0.3) is 15.9 Å². The monoisotopic (exact) mass is 938 g/mol. The molecule has 0 aliphatic heterocycles. The topological polar surface area (TPSA) is 183 Å². The van der Waals surface area contributed by atoms with Crippen LogP contribution in [0.4, 0.5) is 28.4 Å². The lowest BCUT2D eigenvalue weighted by molar-refractivity contribution is 0.102. The number of likely N-dealkylation sites (N-methyl/N-ethyl adjacent to an activating group) is 1. The number of aryl methyl sites for hydroxylation is 1. The van der Waals surface area contributed by atoms with Crippen molar-refractivity contribution < 1.29 is 30.0 Å². The second-order valence-electron chi connectivity index (χ2n) is 17.4. The van der Waals surface area contributed by atoms with Gasteiger partial charge in [0.2, 0.25) is 20.0 Å². The lowest BCUT2D eigenvalue weighted by Crippen LogP contribution is -2.35. The molecule has 0 saturated carbocycles. The Bertz CT molecular complexity index is 2550. The number of hydrogen-bond donors (Lipinski definition) is 5. The van der Waals surface area contributed by atoms with Gasteiger partial charge in [-0.1, -0.05) is 98.9 Å². The van der Waals surface area contributed by atoms with E-state index in [1.165, 1.54) is 18.2 Å². The second-order valence-corrected chi connectivity index (χ2v) is 22.5. The number of benzene rings is 4. The third kappa shape index (κ3) is 14.0. The van der Waals surface area contributed by atoms with Crippen molar-refractivity contribution in [3.8, 4) is 0 Å². The third-order valence-electron chi connectivity index (χ3n) is 11.2. The molecule has 4 aromatic carbocycles. The van der Waals surface area contributed by atoms with Crippen molar-refractivity contribution in [3.63, 3.8) is 0 Å². The molecule has 0 aliphatic rings. The predicted octanol–water partition coefficient (Wildman–Crippen LogP) is 10.2. The van der Waals surface area contributed by atoms with E-state index in [2.05, 4.69) is 45.6 Å². The highest BCUT2D eigenvalue weighted by atomic mass is 32.2. The zero-order chi connectivity index (χ0) is 47.6.